The number of aromatic amines is 2. The van der Waals surface area contributed by atoms with Crippen molar-refractivity contribution >= 4 is 17.2 Å². The molecular weight excluding hydrogens is 414 g/mol. The van der Waals surface area contributed by atoms with Crippen molar-refractivity contribution in [1.29, 1.82) is 5.26 Å². The highest BCUT2D eigenvalue weighted by molar-refractivity contribution is 6.03. The molecule has 8 nitrogen and oxygen atoms in total. The Morgan fingerprint density at radius 3 is 2.85 bits per heavy atom. The van der Waals surface area contributed by atoms with Gasteiger partial charge in [-0.1, -0.05) is 12.1 Å². The van der Waals surface area contributed by atoms with E-state index < -0.39 is 0 Å². The third-order valence-corrected chi connectivity index (χ3v) is 6.58. The number of carbonyl (C=O) groups is 1. The second-order valence-corrected chi connectivity index (χ2v) is 8.72. The number of hydrogen-bond donors (Lipinski definition) is 3. The number of carbonyl (C=O) groups excluding carboxylic acids is 1. The van der Waals surface area contributed by atoms with E-state index >= 15 is 0 Å². The van der Waals surface area contributed by atoms with Crippen molar-refractivity contribution in [3.05, 3.63) is 71.3 Å². The zero-order valence-corrected chi connectivity index (χ0v) is 18.5. The summed E-state index contributed by atoms with van der Waals surface area (Å²) in [6, 6.07) is 8.39. The van der Waals surface area contributed by atoms with Gasteiger partial charge in [-0.3, -0.25) is 9.69 Å². The molecule has 1 fully saturated rings. The van der Waals surface area contributed by atoms with E-state index in [1.54, 1.807) is 6.20 Å². The molecule has 0 spiro atoms. The molecular formula is C25H27N7O. The van der Waals surface area contributed by atoms with E-state index in [4.69, 9.17) is 5.26 Å². The van der Waals surface area contributed by atoms with Crippen LogP contribution in [0.2, 0.25) is 0 Å². The van der Waals surface area contributed by atoms with Gasteiger partial charge < -0.3 is 15.3 Å². The van der Waals surface area contributed by atoms with Crippen LogP contribution in [0.1, 0.15) is 71.3 Å². The van der Waals surface area contributed by atoms with Gasteiger partial charge in [0.1, 0.15) is 17.6 Å². The third-order valence-electron chi connectivity index (χ3n) is 6.58. The Labute approximate surface area is 192 Å². The Morgan fingerprint density at radius 1 is 1.27 bits per heavy atom. The van der Waals surface area contributed by atoms with Crippen molar-refractivity contribution in [2.45, 2.75) is 44.6 Å². The first kappa shape index (κ1) is 21.2. The number of hydrogen-bond acceptors (Lipinski definition) is 5. The fraction of sp³-hybridized carbons (Fsp3) is 0.360. The van der Waals surface area contributed by atoms with Crippen molar-refractivity contribution in [2.24, 2.45) is 0 Å². The topological polar surface area (TPSA) is 113 Å². The van der Waals surface area contributed by atoms with Gasteiger partial charge in [0.2, 0.25) is 0 Å². The number of rotatable bonds is 6. The van der Waals surface area contributed by atoms with Crippen LogP contribution in [0.4, 0.5) is 5.69 Å². The normalized spacial score (nSPS) is 17.0. The van der Waals surface area contributed by atoms with Gasteiger partial charge in [-0.25, -0.2) is 9.97 Å². The van der Waals surface area contributed by atoms with Gasteiger partial charge in [0.15, 0.2) is 5.82 Å². The van der Waals surface area contributed by atoms with Crippen molar-refractivity contribution in [2.75, 3.05) is 18.4 Å². The Kier molecular flexibility index (Phi) is 6.05. The molecule has 2 aliphatic rings. The average molecular weight is 442 g/mol. The number of allylic oxidation sites excluding steroid dienone is 2. The second-order valence-electron chi connectivity index (χ2n) is 8.72. The summed E-state index contributed by atoms with van der Waals surface area (Å²) < 4.78 is 0. The maximum atomic E-state index is 12.7. The largest absolute Gasteiger partial charge is 0.348 e. The quantitative estimate of drug-likeness (QED) is 0.530. The van der Waals surface area contributed by atoms with E-state index in [1.807, 2.05) is 18.3 Å². The standard InChI is InChI=1S/C25H27N7O/c26-14-20-15-29-24(30-20)25(33)31-22-6-5-19(13-21(22)18-3-1-2-4-18)17-7-11-32(12-8-17)16-23-27-9-10-28-23/h3,5-6,9-10,13,15,17H,1-2,4,7-8,11-12,16H2,(H,27,28)(H,29,30)(H,31,33). The van der Waals surface area contributed by atoms with E-state index in [1.165, 1.54) is 17.3 Å². The Bertz CT molecular complexity index is 1190. The van der Waals surface area contributed by atoms with E-state index in [9.17, 15) is 4.79 Å². The molecule has 0 saturated carbocycles. The molecule has 3 aromatic rings. The Morgan fingerprint density at radius 2 is 2.15 bits per heavy atom. The van der Waals surface area contributed by atoms with Crippen LogP contribution in [0.25, 0.3) is 5.57 Å². The molecule has 1 amide bonds. The molecule has 2 aromatic heterocycles. The van der Waals surface area contributed by atoms with E-state index in [0.717, 1.165) is 68.8 Å². The summed E-state index contributed by atoms with van der Waals surface area (Å²) in [7, 11) is 0. The molecule has 3 N–H and O–H groups in total. The summed E-state index contributed by atoms with van der Waals surface area (Å²) in [6.07, 6.45) is 12.8. The maximum absolute atomic E-state index is 12.7. The van der Waals surface area contributed by atoms with Gasteiger partial charge in [-0.15, -0.1) is 0 Å². The molecule has 0 radical (unpaired) electrons. The van der Waals surface area contributed by atoms with Crippen LogP contribution < -0.4 is 5.32 Å². The zero-order valence-electron chi connectivity index (χ0n) is 18.5. The van der Waals surface area contributed by atoms with Gasteiger partial charge in [0.25, 0.3) is 5.91 Å². The summed E-state index contributed by atoms with van der Waals surface area (Å²) in [6.45, 7) is 2.95. The number of nitriles is 1. The van der Waals surface area contributed by atoms with Gasteiger partial charge in [0.05, 0.1) is 12.7 Å². The third kappa shape index (κ3) is 4.73. The summed E-state index contributed by atoms with van der Waals surface area (Å²) in [5.74, 6) is 1.33. The Hall–Kier alpha value is -3.70. The molecule has 3 heterocycles. The predicted octanol–water partition coefficient (Wildman–Crippen LogP) is 4.20. The molecule has 1 aliphatic carbocycles. The van der Waals surface area contributed by atoms with E-state index in [2.05, 4.69) is 48.4 Å². The predicted molar refractivity (Wildman–Crippen MR) is 125 cm³/mol. The Balaban J connectivity index is 1.32. The number of imidazole rings is 2. The fourth-order valence-corrected chi connectivity index (χ4v) is 4.80. The van der Waals surface area contributed by atoms with Crippen LogP contribution >= 0.6 is 0 Å². The average Bonchev–Trinajstić information content (AvgIpc) is 3.63. The van der Waals surface area contributed by atoms with Crippen molar-refractivity contribution in [3.63, 3.8) is 0 Å². The number of likely N-dealkylation sites (tertiary alicyclic amines) is 1. The van der Waals surface area contributed by atoms with Gasteiger partial charge in [-0.05, 0) is 74.4 Å². The van der Waals surface area contributed by atoms with Crippen LogP contribution in [-0.4, -0.2) is 43.8 Å². The number of aromatic nitrogens is 4. The smallest absolute Gasteiger partial charge is 0.291 e. The van der Waals surface area contributed by atoms with Crippen LogP contribution in [0.3, 0.4) is 0 Å². The molecule has 1 aromatic carbocycles. The van der Waals surface area contributed by atoms with E-state index in [0.29, 0.717) is 5.92 Å². The molecule has 0 atom stereocenters. The highest BCUT2D eigenvalue weighted by Crippen LogP contribution is 2.37. The van der Waals surface area contributed by atoms with Gasteiger partial charge >= 0.3 is 0 Å². The minimum Gasteiger partial charge on any atom is -0.348 e. The van der Waals surface area contributed by atoms with Crippen molar-refractivity contribution in [3.8, 4) is 6.07 Å². The van der Waals surface area contributed by atoms with Gasteiger partial charge in [-0.2, -0.15) is 5.26 Å². The number of nitrogens with zero attached hydrogens (tertiary/aromatic N) is 4. The molecule has 168 valence electrons. The highest BCUT2D eigenvalue weighted by Gasteiger charge is 2.23. The second kappa shape index (κ2) is 9.43. The number of amides is 1. The minimum atomic E-state index is -0.338. The monoisotopic (exact) mass is 441 g/mol. The summed E-state index contributed by atoms with van der Waals surface area (Å²) in [5.41, 5.74) is 4.79. The molecule has 0 bridgehead atoms. The lowest BCUT2D eigenvalue weighted by Gasteiger charge is -2.32. The lowest BCUT2D eigenvalue weighted by atomic mass is 9.87. The zero-order chi connectivity index (χ0) is 22.6. The number of benzene rings is 1. The van der Waals surface area contributed by atoms with Crippen LogP contribution in [0, 0.1) is 11.3 Å². The SMILES string of the molecule is N#Cc1cnc(C(=O)Nc2ccc(C3CCN(Cc4ncc[nH]4)CC3)cc2C2=CCCC2)[nH]1. The fourth-order valence-electron chi connectivity index (χ4n) is 4.80. The summed E-state index contributed by atoms with van der Waals surface area (Å²) in [5, 5.41) is 12.0. The first-order chi connectivity index (χ1) is 16.2. The molecule has 1 saturated heterocycles. The van der Waals surface area contributed by atoms with Crippen molar-refractivity contribution < 1.29 is 4.79 Å². The highest BCUT2D eigenvalue weighted by atomic mass is 16.2. The lowest BCUT2D eigenvalue weighted by molar-refractivity contribution is 0.101. The number of anilines is 1. The molecule has 5 rings (SSSR count). The molecule has 1 aliphatic heterocycles. The summed E-state index contributed by atoms with van der Waals surface area (Å²) in [4.78, 5) is 29.5. The number of H-pyrrole nitrogens is 2. The maximum Gasteiger partial charge on any atom is 0.291 e. The van der Waals surface area contributed by atoms with Crippen molar-refractivity contribution in [1.82, 2.24) is 24.8 Å². The molecule has 33 heavy (non-hydrogen) atoms. The molecule has 0 unspecified atom stereocenters. The minimum absolute atomic E-state index is 0.144. The number of piperidine rings is 1. The number of nitrogens with one attached hydrogen (secondary N) is 3. The van der Waals surface area contributed by atoms with Crippen LogP contribution in [0.5, 0.6) is 0 Å². The van der Waals surface area contributed by atoms with Crippen LogP contribution in [0.15, 0.2) is 42.9 Å². The molecule has 8 heteroatoms. The first-order valence-corrected chi connectivity index (χ1v) is 11.5. The first-order valence-electron chi connectivity index (χ1n) is 11.5. The van der Waals surface area contributed by atoms with Crippen LogP contribution in [-0.2, 0) is 6.54 Å². The van der Waals surface area contributed by atoms with E-state index in [-0.39, 0.29) is 17.4 Å². The lowest BCUT2D eigenvalue weighted by Crippen LogP contribution is -2.32. The summed E-state index contributed by atoms with van der Waals surface area (Å²) >= 11 is 0. The van der Waals surface area contributed by atoms with Gasteiger partial charge in [0, 0.05) is 23.6 Å².